The number of carbonyl (C=O) groups excluding carboxylic acids is 1. The van der Waals surface area contributed by atoms with E-state index in [2.05, 4.69) is 26.7 Å². The summed E-state index contributed by atoms with van der Waals surface area (Å²) in [4.78, 5) is 21.2. The number of hydrogen-bond acceptors (Lipinski definition) is 4. The molecule has 2 N–H and O–H groups in total. The van der Waals surface area contributed by atoms with Crippen molar-refractivity contribution in [2.45, 2.75) is 27.3 Å². The molecule has 5 nitrogen and oxygen atoms in total. The minimum absolute atomic E-state index is 0.251. The molecule has 2 aromatic carbocycles. The van der Waals surface area contributed by atoms with Gasteiger partial charge in [0.1, 0.15) is 5.69 Å². The minimum atomic E-state index is -0.251. The van der Waals surface area contributed by atoms with Crippen molar-refractivity contribution in [3.63, 3.8) is 0 Å². The summed E-state index contributed by atoms with van der Waals surface area (Å²) in [5.41, 5.74) is 5.19. The Morgan fingerprint density at radius 3 is 2.30 bits per heavy atom. The van der Waals surface area contributed by atoms with Crippen molar-refractivity contribution in [1.29, 1.82) is 0 Å². The second kappa shape index (κ2) is 8.18. The van der Waals surface area contributed by atoms with E-state index in [1.807, 2.05) is 45.0 Å². The van der Waals surface area contributed by atoms with Crippen LogP contribution < -0.4 is 10.6 Å². The number of rotatable bonds is 5. The van der Waals surface area contributed by atoms with E-state index >= 15 is 0 Å². The van der Waals surface area contributed by atoms with E-state index in [0.717, 1.165) is 22.4 Å². The average Bonchev–Trinajstić information content (AvgIpc) is 2.59. The summed E-state index contributed by atoms with van der Waals surface area (Å²) in [5, 5.41) is 6.72. The SMILES string of the molecule is Cc1cc(C)cc(Nc2nc(C)cc(C(=O)NCc3ccc(Cl)cc3)n2)c1. The maximum atomic E-state index is 12.5. The fraction of sp³-hybridized carbons (Fsp3) is 0.190. The van der Waals surface area contributed by atoms with Gasteiger partial charge in [0.25, 0.3) is 5.91 Å². The zero-order valence-corrected chi connectivity index (χ0v) is 16.3. The monoisotopic (exact) mass is 380 g/mol. The molecule has 1 amide bonds. The highest BCUT2D eigenvalue weighted by Gasteiger charge is 2.11. The number of anilines is 2. The molecule has 0 aliphatic rings. The van der Waals surface area contributed by atoms with Crippen molar-refractivity contribution < 1.29 is 4.79 Å². The maximum absolute atomic E-state index is 12.5. The van der Waals surface area contributed by atoms with E-state index in [1.54, 1.807) is 18.2 Å². The molecule has 0 saturated carbocycles. The standard InChI is InChI=1S/C21H21ClN4O/c1-13-8-14(2)10-18(9-13)25-21-24-15(3)11-19(26-21)20(27)23-12-16-4-6-17(22)7-5-16/h4-11H,12H2,1-3H3,(H,23,27)(H,24,25,26). The molecular formula is C21H21ClN4O. The van der Waals surface area contributed by atoms with Gasteiger partial charge in [-0.15, -0.1) is 0 Å². The van der Waals surface area contributed by atoms with Crippen molar-refractivity contribution >= 4 is 29.1 Å². The summed E-state index contributed by atoms with van der Waals surface area (Å²) in [6.07, 6.45) is 0. The van der Waals surface area contributed by atoms with Gasteiger partial charge in [0, 0.05) is 22.9 Å². The lowest BCUT2D eigenvalue weighted by Crippen LogP contribution is -2.24. The molecule has 1 aromatic heterocycles. The lowest BCUT2D eigenvalue weighted by molar-refractivity contribution is 0.0945. The average molecular weight is 381 g/mol. The van der Waals surface area contributed by atoms with Crippen molar-refractivity contribution in [2.24, 2.45) is 0 Å². The zero-order valence-electron chi connectivity index (χ0n) is 15.5. The number of nitrogens with zero attached hydrogens (tertiary/aromatic N) is 2. The van der Waals surface area contributed by atoms with Crippen molar-refractivity contribution in [2.75, 3.05) is 5.32 Å². The van der Waals surface area contributed by atoms with Crippen LogP contribution in [0.5, 0.6) is 0 Å². The lowest BCUT2D eigenvalue weighted by Gasteiger charge is -2.10. The smallest absolute Gasteiger partial charge is 0.270 e. The Hall–Kier alpha value is -2.92. The van der Waals surface area contributed by atoms with E-state index < -0.39 is 0 Å². The minimum Gasteiger partial charge on any atom is -0.347 e. The van der Waals surface area contributed by atoms with E-state index in [9.17, 15) is 4.79 Å². The molecule has 138 valence electrons. The predicted octanol–water partition coefficient (Wildman–Crippen LogP) is 4.73. The molecule has 0 radical (unpaired) electrons. The van der Waals surface area contributed by atoms with Gasteiger partial charge in [0.05, 0.1) is 0 Å². The molecule has 3 aromatic rings. The molecule has 1 heterocycles. The molecule has 0 bridgehead atoms. The van der Waals surface area contributed by atoms with Gasteiger partial charge in [-0.2, -0.15) is 0 Å². The maximum Gasteiger partial charge on any atom is 0.270 e. The normalized spacial score (nSPS) is 10.5. The first-order valence-corrected chi connectivity index (χ1v) is 9.00. The van der Waals surface area contributed by atoms with Crippen LogP contribution in [0.3, 0.4) is 0 Å². The highest BCUT2D eigenvalue weighted by molar-refractivity contribution is 6.30. The van der Waals surface area contributed by atoms with Gasteiger partial charge >= 0.3 is 0 Å². The number of halogens is 1. The molecule has 0 aliphatic heterocycles. The van der Waals surface area contributed by atoms with Crippen molar-refractivity contribution in [1.82, 2.24) is 15.3 Å². The first-order valence-electron chi connectivity index (χ1n) is 8.63. The highest BCUT2D eigenvalue weighted by Crippen LogP contribution is 2.18. The number of nitrogens with one attached hydrogen (secondary N) is 2. The van der Waals surface area contributed by atoms with Crippen LogP contribution in [0, 0.1) is 20.8 Å². The van der Waals surface area contributed by atoms with Crippen LogP contribution in [0.2, 0.25) is 5.02 Å². The Morgan fingerprint density at radius 1 is 0.963 bits per heavy atom. The molecule has 3 rings (SSSR count). The summed E-state index contributed by atoms with van der Waals surface area (Å²) in [6.45, 7) is 6.30. The molecular weight excluding hydrogens is 360 g/mol. The Balaban J connectivity index is 1.73. The number of carbonyl (C=O) groups is 1. The molecule has 27 heavy (non-hydrogen) atoms. The third-order valence-corrected chi connectivity index (χ3v) is 4.18. The first kappa shape index (κ1) is 18.9. The van der Waals surface area contributed by atoms with Crippen LogP contribution in [-0.2, 0) is 6.54 Å². The fourth-order valence-corrected chi connectivity index (χ4v) is 2.92. The van der Waals surface area contributed by atoms with Crippen LogP contribution >= 0.6 is 11.6 Å². The van der Waals surface area contributed by atoms with Gasteiger partial charge in [-0.05, 0) is 67.8 Å². The number of amides is 1. The second-order valence-electron chi connectivity index (χ2n) is 6.53. The van der Waals surface area contributed by atoms with Gasteiger partial charge < -0.3 is 10.6 Å². The molecule has 6 heteroatoms. The summed E-state index contributed by atoms with van der Waals surface area (Å²) >= 11 is 5.88. The van der Waals surface area contributed by atoms with Crippen LogP contribution in [0.4, 0.5) is 11.6 Å². The number of benzene rings is 2. The van der Waals surface area contributed by atoms with E-state index in [0.29, 0.717) is 28.9 Å². The highest BCUT2D eigenvalue weighted by atomic mass is 35.5. The summed E-state index contributed by atoms with van der Waals surface area (Å²) < 4.78 is 0. The largest absolute Gasteiger partial charge is 0.347 e. The Labute approximate surface area is 163 Å². The van der Waals surface area contributed by atoms with Crippen LogP contribution in [-0.4, -0.2) is 15.9 Å². The molecule has 0 fully saturated rings. The zero-order chi connectivity index (χ0) is 19.4. The van der Waals surface area contributed by atoms with Crippen LogP contribution in [0.25, 0.3) is 0 Å². The molecule has 0 unspecified atom stereocenters. The number of hydrogen-bond donors (Lipinski definition) is 2. The molecule has 0 saturated heterocycles. The molecule has 0 spiro atoms. The predicted molar refractivity (Wildman–Crippen MR) is 109 cm³/mol. The Kier molecular flexibility index (Phi) is 5.72. The van der Waals surface area contributed by atoms with Crippen molar-refractivity contribution in [3.8, 4) is 0 Å². The number of aromatic nitrogens is 2. The van der Waals surface area contributed by atoms with E-state index in [-0.39, 0.29) is 5.91 Å². The molecule has 0 aliphatic carbocycles. The first-order chi connectivity index (χ1) is 12.9. The van der Waals surface area contributed by atoms with E-state index in [1.165, 1.54) is 0 Å². The van der Waals surface area contributed by atoms with Gasteiger partial charge in [-0.25, -0.2) is 9.97 Å². The topological polar surface area (TPSA) is 66.9 Å². The summed E-state index contributed by atoms with van der Waals surface area (Å²) in [6, 6.07) is 15.1. The van der Waals surface area contributed by atoms with Crippen molar-refractivity contribution in [3.05, 3.63) is 81.6 Å². The van der Waals surface area contributed by atoms with Gasteiger partial charge in [0.15, 0.2) is 0 Å². The van der Waals surface area contributed by atoms with Gasteiger partial charge in [-0.3, -0.25) is 4.79 Å². The quantitative estimate of drug-likeness (QED) is 0.671. The summed E-state index contributed by atoms with van der Waals surface area (Å²) in [7, 11) is 0. The summed E-state index contributed by atoms with van der Waals surface area (Å²) in [5.74, 6) is 0.149. The van der Waals surface area contributed by atoms with Gasteiger partial charge in [0.2, 0.25) is 5.95 Å². The van der Waals surface area contributed by atoms with E-state index in [4.69, 9.17) is 11.6 Å². The number of aryl methyl sites for hydroxylation is 3. The molecule has 0 atom stereocenters. The second-order valence-corrected chi connectivity index (χ2v) is 6.97. The Morgan fingerprint density at radius 2 is 1.63 bits per heavy atom. The van der Waals surface area contributed by atoms with Crippen LogP contribution in [0.15, 0.2) is 48.5 Å². The van der Waals surface area contributed by atoms with Crippen LogP contribution in [0.1, 0.15) is 32.9 Å². The third-order valence-electron chi connectivity index (χ3n) is 3.93. The Bertz CT molecular complexity index is 950. The fourth-order valence-electron chi connectivity index (χ4n) is 2.79. The lowest BCUT2D eigenvalue weighted by atomic mass is 10.1. The van der Waals surface area contributed by atoms with Gasteiger partial charge in [-0.1, -0.05) is 29.8 Å². The third kappa shape index (κ3) is 5.28.